The van der Waals surface area contributed by atoms with Crippen LogP contribution in [-0.4, -0.2) is 9.78 Å². The Bertz CT molecular complexity index is 706. The van der Waals surface area contributed by atoms with Crippen molar-refractivity contribution in [3.8, 4) is 22.3 Å². The minimum Gasteiger partial charge on any atom is -0.240 e. The van der Waals surface area contributed by atoms with Gasteiger partial charge in [0.2, 0.25) is 0 Å². The molecule has 0 saturated carbocycles. The topological polar surface area (TPSA) is 41.6 Å². The summed E-state index contributed by atoms with van der Waals surface area (Å²) in [5.41, 5.74) is 2.87. The second-order valence-corrected chi connectivity index (χ2v) is 5.04. The first-order chi connectivity index (χ1) is 9.38. The van der Waals surface area contributed by atoms with Crippen LogP contribution < -0.4 is 0 Å². The lowest BCUT2D eigenvalue weighted by Gasteiger charge is -1.99. The summed E-state index contributed by atoms with van der Waals surface area (Å²) in [6, 6.07) is 16.2. The number of para-hydroxylation sites is 1. The number of hydrogen-bond donors (Lipinski definition) is 0. The van der Waals surface area contributed by atoms with E-state index >= 15 is 0 Å². The first-order valence-electron chi connectivity index (χ1n) is 5.93. The van der Waals surface area contributed by atoms with Gasteiger partial charge in [0.15, 0.2) is 0 Å². The van der Waals surface area contributed by atoms with Gasteiger partial charge in [-0.1, -0.05) is 24.3 Å². The molecule has 0 radical (unpaired) electrons. The maximum Gasteiger partial charge on any atom is 0.107 e. The van der Waals surface area contributed by atoms with Gasteiger partial charge in [-0.15, -0.1) is 11.3 Å². The standard InChI is InChI=1S/C15H11N3S/c16-9-8-12-11-18(13-5-2-1-3-6-13)17-15(12)14-7-4-10-19-14/h1-7,10-11H,8H2. The minimum absolute atomic E-state index is 0.375. The summed E-state index contributed by atoms with van der Waals surface area (Å²) < 4.78 is 1.84. The van der Waals surface area contributed by atoms with Crippen molar-refractivity contribution in [3.63, 3.8) is 0 Å². The van der Waals surface area contributed by atoms with E-state index < -0.39 is 0 Å². The van der Waals surface area contributed by atoms with Crippen LogP contribution >= 0.6 is 11.3 Å². The average Bonchev–Trinajstić information content (AvgIpc) is 3.09. The van der Waals surface area contributed by atoms with Gasteiger partial charge in [0.25, 0.3) is 0 Å². The van der Waals surface area contributed by atoms with E-state index in [0.717, 1.165) is 21.8 Å². The quantitative estimate of drug-likeness (QED) is 0.725. The summed E-state index contributed by atoms with van der Waals surface area (Å²) in [7, 11) is 0. The molecule has 0 fully saturated rings. The third kappa shape index (κ3) is 2.28. The Hall–Kier alpha value is -2.38. The average molecular weight is 265 g/mol. The van der Waals surface area contributed by atoms with Gasteiger partial charge in [-0.2, -0.15) is 10.4 Å². The van der Waals surface area contributed by atoms with Crippen molar-refractivity contribution in [2.24, 2.45) is 0 Å². The smallest absolute Gasteiger partial charge is 0.107 e. The van der Waals surface area contributed by atoms with Gasteiger partial charge >= 0.3 is 0 Å². The Morgan fingerprint density at radius 3 is 2.68 bits per heavy atom. The Morgan fingerprint density at radius 2 is 2.00 bits per heavy atom. The van der Waals surface area contributed by atoms with Crippen LogP contribution in [0.3, 0.4) is 0 Å². The maximum absolute atomic E-state index is 8.94. The summed E-state index contributed by atoms with van der Waals surface area (Å²) in [4.78, 5) is 1.10. The lowest BCUT2D eigenvalue weighted by molar-refractivity contribution is 0.884. The molecule has 0 spiro atoms. The SMILES string of the molecule is N#CCc1cn(-c2ccccc2)nc1-c1cccs1. The van der Waals surface area contributed by atoms with Crippen LogP contribution in [0, 0.1) is 11.3 Å². The predicted molar refractivity (Wildman–Crippen MR) is 76.2 cm³/mol. The summed E-state index contributed by atoms with van der Waals surface area (Å²) >= 11 is 1.64. The molecule has 0 aliphatic carbocycles. The molecule has 2 heterocycles. The molecule has 4 heteroatoms. The van der Waals surface area contributed by atoms with Crippen LogP contribution in [0.2, 0.25) is 0 Å². The highest BCUT2D eigenvalue weighted by atomic mass is 32.1. The zero-order chi connectivity index (χ0) is 13.1. The van der Waals surface area contributed by atoms with E-state index in [2.05, 4.69) is 11.2 Å². The lowest BCUT2D eigenvalue weighted by atomic mass is 10.2. The van der Waals surface area contributed by atoms with Crippen molar-refractivity contribution in [1.29, 1.82) is 5.26 Å². The van der Waals surface area contributed by atoms with E-state index in [1.165, 1.54) is 0 Å². The summed E-state index contributed by atoms with van der Waals surface area (Å²) in [6.07, 6.45) is 2.31. The maximum atomic E-state index is 8.94. The van der Waals surface area contributed by atoms with E-state index in [0.29, 0.717) is 6.42 Å². The molecule has 0 aliphatic rings. The van der Waals surface area contributed by atoms with Crippen molar-refractivity contribution in [1.82, 2.24) is 9.78 Å². The predicted octanol–water partition coefficient (Wildman–Crippen LogP) is 3.67. The highest BCUT2D eigenvalue weighted by Gasteiger charge is 2.12. The fourth-order valence-corrected chi connectivity index (χ4v) is 2.70. The monoisotopic (exact) mass is 265 g/mol. The largest absolute Gasteiger partial charge is 0.240 e. The number of nitriles is 1. The van der Waals surface area contributed by atoms with Crippen molar-refractivity contribution >= 4 is 11.3 Å². The van der Waals surface area contributed by atoms with Gasteiger partial charge in [-0.05, 0) is 23.6 Å². The van der Waals surface area contributed by atoms with E-state index in [1.54, 1.807) is 11.3 Å². The summed E-state index contributed by atoms with van der Waals surface area (Å²) in [6.45, 7) is 0. The van der Waals surface area contributed by atoms with E-state index in [1.807, 2.05) is 58.7 Å². The molecule has 0 unspecified atom stereocenters. The molecule has 1 aromatic carbocycles. The van der Waals surface area contributed by atoms with Gasteiger partial charge in [-0.25, -0.2) is 4.68 Å². The van der Waals surface area contributed by atoms with Crippen molar-refractivity contribution in [3.05, 3.63) is 59.6 Å². The van der Waals surface area contributed by atoms with Crippen molar-refractivity contribution in [2.45, 2.75) is 6.42 Å². The minimum atomic E-state index is 0.375. The highest BCUT2D eigenvalue weighted by Crippen LogP contribution is 2.27. The molecule has 3 nitrogen and oxygen atoms in total. The normalized spacial score (nSPS) is 10.3. The Kier molecular flexibility index (Phi) is 3.13. The van der Waals surface area contributed by atoms with Crippen molar-refractivity contribution < 1.29 is 0 Å². The number of rotatable bonds is 3. The molecule has 3 aromatic rings. The Labute approximate surface area is 115 Å². The molecule has 0 saturated heterocycles. The fourth-order valence-electron chi connectivity index (χ4n) is 1.96. The summed E-state index contributed by atoms with van der Waals surface area (Å²) in [5, 5.41) is 15.6. The molecule has 92 valence electrons. The number of nitrogens with zero attached hydrogens (tertiary/aromatic N) is 3. The zero-order valence-electron chi connectivity index (χ0n) is 10.2. The van der Waals surface area contributed by atoms with Crippen LogP contribution in [0.25, 0.3) is 16.3 Å². The van der Waals surface area contributed by atoms with Crippen LogP contribution in [0.4, 0.5) is 0 Å². The van der Waals surface area contributed by atoms with Gasteiger partial charge in [0.05, 0.1) is 23.1 Å². The first-order valence-corrected chi connectivity index (χ1v) is 6.81. The second kappa shape index (κ2) is 5.09. The number of benzene rings is 1. The second-order valence-electron chi connectivity index (χ2n) is 4.10. The van der Waals surface area contributed by atoms with Crippen LogP contribution in [0.1, 0.15) is 5.56 Å². The molecular weight excluding hydrogens is 254 g/mol. The van der Waals surface area contributed by atoms with E-state index in [-0.39, 0.29) is 0 Å². The molecule has 19 heavy (non-hydrogen) atoms. The van der Waals surface area contributed by atoms with Gasteiger partial charge < -0.3 is 0 Å². The summed E-state index contributed by atoms with van der Waals surface area (Å²) in [5.74, 6) is 0. The third-order valence-corrected chi connectivity index (χ3v) is 3.71. The molecule has 0 N–H and O–H groups in total. The molecule has 0 amide bonds. The van der Waals surface area contributed by atoms with E-state index in [9.17, 15) is 0 Å². The zero-order valence-corrected chi connectivity index (χ0v) is 11.0. The van der Waals surface area contributed by atoms with Gasteiger partial charge in [0, 0.05) is 11.8 Å². The third-order valence-electron chi connectivity index (χ3n) is 2.83. The Balaban J connectivity index is 2.10. The molecular formula is C15H11N3S. The van der Waals surface area contributed by atoms with Crippen LogP contribution in [-0.2, 0) is 6.42 Å². The number of thiophene rings is 1. The molecule has 0 bridgehead atoms. The molecule has 0 atom stereocenters. The van der Waals surface area contributed by atoms with Crippen LogP contribution in [0.5, 0.6) is 0 Å². The molecule has 0 aliphatic heterocycles. The lowest BCUT2D eigenvalue weighted by Crippen LogP contribution is -1.93. The van der Waals surface area contributed by atoms with E-state index in [4.69, 9.17) is 5.26 Å². The number of hydrogen-bond acceptors (Lipinski definition) is 3. The van der Waals surface area contributed by atoms with Gasteiger partial charge in [0.1, 0.15) is 5.69 Å². The number of aromatic nitrogens is 2. The Morgan fingerprint density at radius 1 is 1.16 bits per heavy atom. The van der Waals surface area contributed by atoms with Crippen molar-refractivity contribution in [2.75, 3.05) is 0 Å². The highest BCUT2D eigenvalue weighted by molar-refractivity contribution is 7.13. The molecule has 3 rings (SSSR count). The van der Waals surface area contributed by atoms with Gasteiger partial charge in [-0.3, -0.25) is 0 Å². The van der Waals surface area contributed by atoms with Crippen LogP contribution in [0.15, 0.2) is 54.0 Å². The first kappa shape index (κ1) is 11.7. The fraction of sp³-hybridized carbons (Fsp3) is 0.0667. The molecule has 2 aromatic heterocycles.